The molecular formula is C18H12N2O3. The Bertz CT molecular complexity index is 983. The lowest BCUT2D eigenvalue weighted by Crippen LogP contribution is -2.24. The van der Waals surface area contributed by atoms with Crippen molar-refractivity contribution in [1.82, 2.24) is 5.32 Å². The van der Waals surface area contributed by atoms with Crippen LogP contribution in [0, 0.1) is 11.3 Å². The number of carbonyl (C=O) groups excluding carboxylic acids is 1. The zero-order chi connectivity index (χ0) is 16.2. The monoisotopic (exact) mass is 304 g/mol. The van der Waals surface area contributed by atoms with E-state index in [9.17, 15) is 9.59 Å². The Kier molecular flexibility index (Phi) is 3.89. The highest BCUT2D eigenvalue weighted by Crippen LogP contribution is 2.12. The van der Waals surface area contributed by atoms with E-state index >= 15 is 0 Å². The van der Waals surface area contributed by atoms with Crippen molar-refractivity contribution in [3.8, 4) is 6.07 Å². The largest absolute Gasteiger partial charge is 0.451 e. The first kappa shape index (κ1) is 14.5. The number of para-hydroxylation sites is 1. The molecule has 0 spiro atoms. The molecule has 0 atom stereocenters. The number of carbonyl (C=O) groups is 1. The molecule has 0 radical (unpaired) electrons. The Morgan fingerprint density at radius 3 is 2.78 bits per heavy atom. The van der Waals surface area contributed by atoms with E-state index in [4.69, 9.17) is 9.68 Å². The number of rotatable bonds is 3. The van der Waals surface area contributed by atoms with E-state index in [-0.39, 0.29) is 17.7 Å². The molecule has 0 saturated heterocycles. The molecule has 3 rings (SSSR count). The maximum Gasteiger partial charge on any atom is 0.287 e. The second-order valence-corrected chi connectivity index (χ2v) is 4.97. The van der Waals surface area contributed by atoms with Crippen LogP contribution in [-0.4, -0.2) is 5.91 Å². The van der Waals surface area contributed by atoms with E-state index < -0.39 is 5.91 Å². The molecule has 0 saturated carbocycles. The highest BCUT2D eigenvalue weighted by Gasteiger charge is 2.11. The zero-order valence-electron chi connectivity index (χ0n) is 12.1. The summed E-state index contributed by atoms with van der Waals surface area (Å²) in [5.74, 6) is -0.514. The molecule has 112 valence electrons. The maximum absolute atomic E-state index is 12.2. The minimum atomic E-state index is -0.477. The van der Waals surface area contributed by atoms with Crippen LogP contribution in [0.15, 0.2) is 63.8 Å². The molecule has 0 aliphatic rings. The summed E-state index contributed by atoms with van der Waals surface area (Å²) in [4.78, 5) is 24.1. The van der Waals surface area contributed by atoms with Crippen molar-refractivity contribution in [2.24, 2.45) is 0 Å². The molecule has 0 aliphatic carbocycles. The number of amides is 1. The van der Waals surface area contributed by atoms with Crippen molar-refractivity contribution in [2.75, 3.05) is 0 Å². The fourth-order valence-electron chi connectivity index (χ4n) is 2.24. The molecule has 5 heteroatoms. The average Bonchev–Trinajstić information content (AvgIpc) is 2.60. The highest BCUT2D eigenvalue weighted by atomic mass is 16.3. The van der Waals surface area contributed by atoms with Gasteiger partial charge in [0, 0.05) is 12.6 Å². The number of benzene rings is 2. The molecule has 23 heavy (non-hydrogen) atoms. The number of fused-ring (bicyclic) bond motifs is 1. The molecular weight excluding hydrogens is 292 g/mol. The fraction of sp³-hybridized carbons (Fsp3) is 0.0556. The highest BCUT2D eigenvalue weighted by molar-refractivity contribution is 5.93. The maximum atomic E-state index is 12.2. The van der Waals surface area contributed by atoms with Crippen LogP contribution in [-0.2, 0) is 6.54 Å². The van der Waals surface area contributed by atoms with Gasteiger partial charge in [-0.05, 0) is 29.8 Å². The summed E-state index contributed by atoms with van der Waals surface area (Å²) in [6.45, 7) is 0.241. The van der Waals surface area contributed by atoms with E-state index in [0.717, 1.165) is 5.56 Å². The zero-order valence-corrected chi connectivity index (χ0v) is 12.1. The molecule has 0 fully saturated rings. The second-order valence-electron chi connectivity index (χ2n) is 4.97. The van der Waals surface area contributed by atoms with Crippen molar-refractivity contribution in [2.45, 2.75) is 6.54 Å². The van der Waals surface area contributed by atoms with Crippen LogP contribution in [0.4, 0.5) is 0 Å². The first-order valence-corrected chi connectivity index (χ1v) is 6.97. The lowest BCUT2D eigenvalue weighted by atomic mass is 10.1. The summed E-state index contributed by atoms with van der Waals surface area (Å²) in [5, 5.41) is 12.0. The first-order valence-electron chi connectivity index (χ1n) is 6.97. The molecule has 2 aromatic carbocycles. The van der Waals surface area contributed by atoms with E-state index in [2.05, 4.69) is 5.32 Å². The van der Waals surface area contributed by atoms with Gasteiger partial charge in [-0.15, -0.1) is 0 Å². The van der Waals surface area contributed by atoms with E-state index in [1.807, 2.05) is 6.07 Å². The number of nitrogens with one attached hydrogen (secondary N) is 1. The summed E-state index contributed by atoms with van der Waals surface area (Å²) >= 11 is 0. The van der Waals surface area contributed by atoms with Gasteiger partial charge in [-0.25, -0.2) is 0 Å². The second kappa shape index (κ2) is 6.16. The molecule has 1 N–H and O–H groups in total. The Labute approximate surface area is 131 Å². The van der Waals surface area contributed by atoms with Crippen LogP contribution in [0.3, 0.4) is 0 Å². The quantitative estimate of drug-likeness (QED) is 0.806. The van der Waals surface area contributed by atoms with Crippen molar-refractivity contribution >= 4 is 16.9 Å². The lowest BCUT2D eigenvalue weighted by Gasteiger charge is -2.06. The Balaban J connectivity index is 1.81. The topological polar surface area (TPSA) is 83.1 Å². The van der Waals surface area contributed by atoms with Crippen molar-refractivity contribution in [3.05, 3.63) is 81.7 Å². The summed E-state index contributed by atoms with van der Waals surface area (Å²) < 4.78 is 5.47. The summed E-state index contributed by atoms with van der Waals surface area (Å²) in [7, 11) is 0. The summed E-state index contributed by atoms with van der Waals surface area (Å²) in [5.41, 5.74) is 1.43. The number of nitriles is 1. The van der Waals surface area contributed by atoms with Crippen LogP contribution in [0.1, 0.15) is 21.7 Å². The van der Waals surface area contributed by atoms with Crippen LogP contribution < -0.4 is 10.7 Å². The minimum absolute atomic E-state index is 0.0369. The Hall–Kier alpha value is -3.39. The first-order chi connectivity index (χ1) is 11.2. The molecule has 3 aromatic rings. The minimum Gasteiger partial charge on any atom is -0.451 e. The van der Waals surface area contributed by atoms with Gasteiger partial charge >= 0.3 is 0 Å². The van der Waals surface area contributed by atoms with Gasteiger partial charge in [0.2, 0.25) is 0 Å². The third kappa shape index (κ3) is 3.11. The third-order valence-electron chi connectivity index (χ3n) is 3.37. The van der Waals surface area contributed by atoms with Crippen LogP contribution in [0.5, 0.6) is 0 Å². The standard InChI is InChI=1S/C18H12N2O3/c19-10-12-4-3-5-13(8-12)11-20-18(22)17-9-15(21)14-6-1-2-7-16(14)23-17/h1-9H,11H2,(H,20,22). The van der Waals surface area contributed by atoms with Gasteiger partial charge in [-0.2, -0.15) is 5.26 Å². The predicted molar refractivity (Wildman–Crippen MR) is 84.8 cm³/mol. The van der Waals surface area contributed by atoms with Crippen molar-refractivity contribution < 1.29 is 9.21 Å². The van der Waals surface area contributed by atoms with Gasteiger partial charge in [0.1, 0.15) is 5.58 Å². The summed E-state index contributed by atoms with van der Waals surface area (Å²) in [6, 6.07) is 16.9. The molecule has 5 nitrogen and oxygen atoms in total. The molecule has 1 aromatic heterocycles. The van der Waals surface area contributed by atoms with E-state index in [1.165, 1.54) is 6.07 Å². The van der Waals surface area contributed by atoms with Gasteiger partial charge in [0.25, 0.3) is 5.91 Å². The number of nitrogens with zero attached hydrogens (tertiary/aromatic N) is 1. The lowest BCUT2D eigenvalue weighted by molar-refractivity contribution is 0.0923. The smallest absolute Gasteiger partial charge is 0.287 e. The normalized spacial score (nSPS) is 10.2. The summed E-state index contributed by atoms with van der Waals surface area (Å²) in [6.07, 6.45) is 0. The molecule has 0 unspecified atom stereocenters. The van der Waals surface area contributed by atoms with Crippen LogP contribution in [0.2, 0.25) is 0 Å². The molecule has 0 bridgehead atoms. The predicted octanol–water partition coefficient (Wildman–Crippen LogP) is 2.59. The number of hydrogen-bond acceptors (Lipinski definition) is 4. The van der Waals surface area contributed by atoms with Crippen molar-refractivity contribution in [3.63, 3.8) is 0 Å². The van der Waals surface area contributed by atoms with Gasteiger partial charge < -0.3 is 9.73 Å². The van der Waals surface area contributed by atoms with Gasteiger partial charge in [-0.3, -0.25) is 9.59 Å². The van der Waals surface area contributed by atoms with Gasteiger partial charge in [-0.1, -0.05) is 24.3 Å². The molecule has 1 heterocycles. The average molecular weight is 304 g/mol. The Morgan fingerprint density at radius 1 is 1.13 bits per heavy atom. The molecule has 1 amide bonds. The Morgan fingerprint density at radius 2 is 1.96 bits per heavy atom. The van der Waals surface area contributed by atoms with Crippen LogP contribution in [0.25, 0.3) is 11.0 Å². The van der Waals surface area contributed by atoms with E-state index in [1.54, 1.807) is 48.5 Å². The van der Waals surface area contributed by atoms with Crippen LogP contribution >= 0.6 is 0 Å². The van der Waals surface area contributed by atoms with Gasteiger partial charge in [0.05, 0.1) is 17.0 Å². The van der Waals surface area contributed by atoms with Gasteiger partial charge in [0.15, 0.2) is 11.2 Å². The van der Waals surface area contributed by atoms with E-state index in [0.29, 0.717) is 16.5 Å². The third-order valence-corrected chi connectivity index (χ3v) is 3.37. The fourth-order valence-corrected chi connectivity index (χ4v) is 2.24. The SMILES string of the molecule is N#Cc1cccc(CNC(=O)c2cc(=O)c3ccccc3o2)c1. The molecule has 0 aliphatic heterocycles. The number of hydrogen-bond donors (Lipinski definition) is 1. The van der Waals surface area contributed by atoms with Crippen molar-refractivity contribution in [1.29, 1.82) is 5.26 Å².